The molecule has 0 unspecified atom stereocenters. The van der Waals surface area contributed by atoms with Crippen LogP contribution in [-0.2, 0) is 6.61 Å². The lowest BCUT2D eigenvalue weighted by molar-refractivity contribution is 0.0992. The van der Waals surface area contributed by atoms with Gasteiger partial charge in [0.15, 0.2) is 5.76 Å². The number of nitrogens with one attached hydrogen (secondary N) is 1. The number of carbonyl (C=O) groups is 1. The lowest BCUT2D eigenvalue weighted by Crippen LogP contribution is -2.44. The monoisotopic (exact) mass is 409 g/mol. The molecule has 1 saturated heterocycles. The van der Waals surface area contributed by atoms with Crippen molar-refractivity contribution in [1.29, 1.82) is 0 Å². The van der Waals surface area contributed by atoms with Crippen molar-refractivity contribution in [3.63, 3.8) is 0 Å². The topological polar surface area (TPSA) is 58.0 Å². The third kappa shape index (κ3) is 4.80. The quantitative estimate of drug-likeness (QED) is 0.667. The van der Waals surface area contributed by atoms with E-state index in [-0.39, 0.29) is 24.1 Å². The Hall–Kier alpha value is -3.32. The molecule has 2 aromatic carbocycles. The average Bonchev–Trinajstić information content (AvgIpc) is 3.24. The van der Waals surface area contributed by atoms with Gasteiger partial charge in [-0.25, -0.2) is 4.39 Å². The maximum atomic E-state index is 13.0. The van der Waals surface area contributed by atoms with Gasteiger partial charge in [-0.3, -0.25) is 4.79 Å². The molecule has 3 aromatic rings. The fourth-order valence-corrected chi connectivity index (χ4v) is 3.35. The van der Waals surface area contributed by atoms with Crippen molar-refractivity contribution >= 4 is 17.3 Å². The van der Waals surface area contributed by atoms with E-state index in [1.165, 1.54) is 12.1 Å². The molecule has 2 heterocycles. The molecule has 1 aromatic heterocycles. The van der Waals surface area contributed by atoms with Crippen molar-refractivity contribution in [2.45, 2.75) is 6.61 Å². The number of hydrogen-bond acceptors (Lipinski definition) is 5. The zero-order chi connectivity index (χ0) is 20.9. The van der Waals surface area contributed by atoms with E-state index in [0.717, 1.165) is 37.6 Å². The molecule has 1 aliphatic heterocycles. The molecule has 1 fully saturated rings. The largest absolute Gasteiger partial charge is 0.486 e. The molecule has 6 nitrogen and oxygen atoms in total. The fourth-order valence-electron chi connectivity index (χ4n) is 3.35. The third-order valence-electron chi connectivity index (χ3n) is 5.08. The van der Waals surface area contributed by atoms with Gasteiger partial charge < -0.3 is 24.3 Å². The van der Waals surface area contributed by atoms with E-state index >= 15 is 0 Å². The minimum atomic E-state index is -0.323. The van der Waals surface area contributed by atoms with Crippen LogP contribution in [0.25, 0.3) is 0 Å². The summed E-state index contributed by atoms with van der Waals surface area (Å²) >= 11 is 0. The highest BCUT2D eigenvalue weighted by Crippen LogP contribution is 2.27. The molecular formula is C23H24FN3O3. The Kier molecular flexibility index (Phi) is 5.99. The number of piperazine rings is 1. The number of rotatable bonds is 6. The van der Waals surface area contributed by atoms with E-state index in [0.29, 0.717) is 11.5 Å². The summed E-state index contributed by atoms with van der Waals surface area (Å²) in [7, 11) is 2.11. The Balaban J connectivity index is 1.39. The van der Waals surface area contributed by atoms with Crippen LogP contribution in [0, 0.1) is 5.82 Å². The van der Waals surface area contributed by atoms with Crippen molar-refractivity contribution in [1.82, 2.24) is 4.90 Å². The molecule has 0 atom stereocenters. The number of anilines is 2. The highest BCUT2D eigenvalue weighted by molar-refractivity contribution is 6.04. The van der Waals surface area contributed by atoms with Crippen molar-refractivity contribution in [2.75, 3.05) is 43.4 Å². The average molecular weight is 409 g/mol. The Bertz CT molecular complexity index is 995. The Morgan fingerprint density at radius 3 is 2.53 bits per heavy atom. The molecule has 0 radical (unpaired) electrons. The molecule has 1 aliphatic rings. The number of hydrogen-bond donors (Lipinski definition) is 1. The predicted octanol–water partition coefficient (Wildman–Crippen LogP) is 4.00. The van der Waals surface area contributed by atoms with Gasteiger partial charge in [0.2, 0.25) is 0 Å². The van der Waals surface area contributed by atoms with Crippen molar-refractivity contribution < 1.29 is 18.3 Å². The fraction of sp³-hybridized carbons (Fsp3) is 0.261. The molecule has 4 rings (SSSR count). The Labute approximate surface area is 174 Å². The van der Waals surface area contributed by atoms with Crippen molar-refractivity contribution in [3.8, 4) is 5.75 Å². The second kappa shape index (κ2) is 9.00. The summed E-state index contributed by atoms with van der Waals surface area (Å²) in [5, 5.41) is 2.96. The van der Waals surface area contributed by atoms with Gasteiger partial charge >= 0.3 is 0 Å². The summed E-state index contributed by atoms with van der Waals surface area (Å²) in [4.78, 5) is 17.3. The molecule has 1 N–H and O–H groups in total. The van der Waals surface area contributed by atoms with Crippen molar-refractivity contribution in [3.05, 3.63) is 78.0 Å². The van der Waals surface area contributed by atoms with Gasteiger partial charge in [-0.05, 0) is 55.6 Å². The van der Waals surface area contributed by atoms with Gasteiger partial charge in [-0.15, -0.1) is 0 Å². The van der Waals surface area contributed by atoms with Crippen LogP contribution in [0.3, 0.4) is 0 Å². The Morgan fingerprint density at radius 2 is 1.77 bits per heavy atom. The van der Waals surface area contributed by atoms with Crippen LogP contribution in [0.1, 0.15) is 16.3 Å². The molecule has 0 saturated carbocycles. The molecule has 156 valence electrons. The van der Waals surface area contributed by atoms with Gasteiger partial charge in [0, 0.05) is 26.2 Å². The third-order valence-corrected chi connectivity index (χ3v) is 5.08. The van der Waals surface area contributed by atoms with Crippen LogP contribution in [-0.4, -0.2) is 44.0 Å². The molecule has 0 bridgehead atoms. The lowest BCUT2D eigenvalue weighted by atomic mass is 10.2. The SMILES string of the molecule is CN1CCN(c2ccccc2NC(=O)c2ccc(COc3ccc(F)cc3)o2)CC1. The van der Waals surface area contributed by atoms with E-state index < -0.39 is 0 Å². The number of carbonyl (C=O) groups excluding carboxylic acids is 1. The first-order chi connectivity index (χ1) is 14.6. The molecular weight excluding hydrogens is 385 g/mol. The molecule has 1 amide bonds. The zero-order valence-corrected chi connectivity index (χ0v) is 16.8. The molecule has 30 heavy (non-hydrogen) atoms. The van der Waals surface area contributed by atoms with Gasteiger partial charge in [-0.2, -0.15) is 0 Å². The second-order valence-electron chi connectivity index (χ2n) is 7.27. The van der Waals surface area contributed by atoms with Gasteiger partial charge in [0.05, 0.1) is 11.4 Å². The summed E-state index contributed by atoms with van der Waals surface area (Å²) in [6.45, 7) is 3.94. The highest BCUT2D eigenvalue weighted by Gasteiger charge is 2.19. The number of furan rings is 1. The first kappa shape index (κ1) is 20.0. The number of ether oxygens (including phenoxy) is 1. The number of halogens is 1. The molecule has 0 spiro atoms. The highest BCUT2D eigenvalue weighted by atomic mass is 19.1. The zero-order valence-electron chi connectivity index (χ0n) is 16.8. The number of para-hydroxylation sites is 2. The van der Waals surface area contributed by atoms with Crippen LogP contribution in [0.5, 0.6) is 5.75 Å². The summed E-state index contributed by atoms with van der Waals surface area (Å²) in [6, 6.07) is 16.9. The minimum Gasteiger partial charge on any atom is -0.486 e. The van der Waals surface area contributed by atoms with E-state index in [9.17, 15) is 9.18 Å². The second-order valence-corrected chi connectivity index (χ2v) is 7.27. The van der Waals surface area contributed by atoms with Crippen LogP contribution >= 0.6 is 0 Å². The normalized spacial score (nSPS) is 14.5. The summed E-state index contributed by atoms with van der Waals surface area (Å²) in [6.07, 6.45) is 0. The van der Waals surface area contributed by atoms with Gasteiger partial charge in [-0.1, -0.05) is 12.1 Å². The van der Waals surface area contributed by atoms with Gasteiger partial charge in [0.1, 0.15) is 23.9 Å². The summed E-state index contributed by atoms with van der Waals surface area (Å²) in [5.41, 5.74) is 1.76. The van der Waals surface area contributed by atoms with Crippen LogP contribution in [0.15, 0.2) is 65.1 Å². The van der Waals surface area contributed by atoms with Crippen LogP contribution < -0.4 is 15.0 Å². The first-order valence-electron chi connectivity index (χ1n) is 9.89. The maximum absolute atomic E-state index is 13.0. The Morgan fingerprint density at radius 1 is 1.03 bits per heavy atom. The first-order valence-corrected chi connectivity index (χ1v) is 9.89. The van der Waals surface area contributed by atoms with E-state index in [1.54, 1.807) is 24.3 Å². The van der Waals surface area contributed by atoms with E-state index in [1.807, 2.05) is 24.3 Å². The van der Waals surface area contributed by atoms with E-state index in [2.05, 4.69) is 22.2 Å². The number of nitrogens with zero attached hydrogens (tertiary/aromatic N) is 2. The maximum Gasteiger partial charge on any atom is 0.291 e. The smallest absolute Gasteiger partial charge is 0.291 e. The van der Waals surface area contributed by atoms with E-state index in [4.69, 9.17) is 9.15 Å². The summed E-state index contributed by atoms with van der Waals surface area (Å²) in [5.74, 6) is 0.610. The molecule has 7 heteroatoms. The summed E-state index contributed by atoms with van der Waals surface area (Å²) < 4.78 is 24.2. The standard InChI is InChI=1S/C23H24FN3O3/c1-26-12-14-27(15-13-26)21-5-3-2-4-20(21)25-23(28)22-11-10-19(30-22)16-29-18-8-6-17(24)7-9-18/h2-11H,12-16H2,1H3,(H,25,28). The van der Waals surface area contributed by atoms with Crippen LogP contribution in [0.4, 0.5) is 15.8 Å². The van der Waals surface area contributed by atoms with Crippen molar-refractivity contribution in [2.24, 2.45) is 0 Å². The minimum absolute atomic E-state index is 0.150. The molecule has 0 aliphatic carbocycles. The predicted molar refractivity (Wildman–Crippen MR) is 114 cm³/mol. The lowest BCUT2D eigenvalue weighted by Gasteiger charge is -2.35. The number of amides is 1. The van der Waals surface area contributed by atoms with Crippen LogP contribution in [0.2, 0.25) is 0 Å². The van der Waals surface area contributed by atoms with Gasteiger partial charge in [0.25, 0.3) is 5.91 Å². The number of benzene rings is 2. The number of likely N-dealkylation sites (N-methyl/N-ethyl adjacent to an activating group) is 1.